The van der Waals surface area contributed by atoms with Crippen LogP contribution in [-0.4, -0.2) is 38.0 Å². The number of nitrogens with one attached hydrogen (secondary N) is 1. The zero-order chi connectivity index (χ0) is 16.7. The Labute approximate surface area is 128 Å². The standard InChI is InChI=1S/C14H22F3NO3S/c1-8-3-9(2)5-10(4-8)18-13(19)11-6-22(20,21)7-12(11)14(15,16)17/h8-12H,3-7H2,1-2H3,(H,18,19). The third-order valence-electron chi connectivity index (χ3n) is 4.63. The summed E-state index contributed by atoms with van der Waals surface area (Å²) in [5.41, 5.74) is 0. The molecular weight excluding hydrogens is 319 g/mol. The lowest BCUT2D eigenvalue weighted by Crippen LogP contribution is -2.46. The maximum absolute atomic E-state index is 13.0. The molecule has 1 saturated carbocycles. The van der Waals surface area contributed by atoms with Crippen LogP contribution in [0.4, 0.5) is 13.2 Å². The maximum Gasteiger partial charge on any atom is 0.393 e. The first kappa shape index (κ1) is 17.6. The van der Waals surface area contributed by atoms with Crippen molar-refractivity contribution in [2.24, 2.45) is 23.7 Å². The molecule has 4 atom stereocenters. The number of rotatable bonds is 2. The quantitative estimate of drug-likeness (QED) is 0.837. The topological polar surface area (TPSA) is 63.2 Å². The Hall–Kier alpha value is -0.790. The Bertz CT molecular complexity index is 522. The first-order valence-electron chi connectivity index (χ1n) is 7.55. The zero-order valence-corrected chi connectivity index (χ0v) is 13.5. The van der Waals surface area contributed by atoms with Crippen molar-refractivity contribution in [3.8, 4) is 0 Å². The van der Waals surface area contributed by atoms with Gasteiger partial charge in [0.1, 0.15) is 0 Å². The molecule has 1 amide bonds. The lowest BCUT2D eigenvalue weighted by Gasteiger charge is -2.33. The summed E-state index contributed by atoms with van der Waals surface area (Å²) >= 11 is 0. The van der Waals surface area contributed by atoms with Crippen molar-refractivity contribution >= 4 is 15.7 Å². The van der Waals surface area contributed by atoms with Gasteiger partial charge in [0.05, 0.1) is 23.3 Å². The summed E-state index contributed by atoms with van der Waals surface area (Å²) in [6, 6.07) is -0.163. The fourth-order valence-electron chi connectivity index (χ4n) is 3.80. The Kier molecular flexibility index (Phi) is 4.80. The summed E-state index contributed by atoms with van der Waals surface area (Å²) in [4.78, 5) is 12.2. The molecule has 8 heteroatoms. The van der Waals surface area contributed by atoms with E-state index in [-0.39, 0.29) is 6.04 Å². The number of carbonyl (C=O) groups excluding carboxylic acids is 1. The van der Waals surface area contributed by atoms with Gasteiger partial charge in [0, 0.05) is 6.04 Å². The number of alkyl halides is 3. The van der Waals surface area contributed by atoms with Crippen LogP contribution in [0.3, 0.4) is 0 Å². The average Bonchev–Trinajstić information content (AvgIpc) is 2.63. The van der Waals surface area contributed by atoms with Crippen molar-refractivity contribution in [1.29, 1.82) is 0 Å². The summed E-state index contributed by atoms with van der Waals surface area (Å²) in [6.45, 7) is 4.10. The largest absolute Gasteiger partial charge is 0.393 e. The first-order valence-corrected chi connectivity index (χ1v) is 9.37. The van der Waals surface area contributed by atoms with Crippen LogP contribution in [0.25, 0.3) is 0 Å². The minimum atomic E-state index is -4.67. The van der Waals surface area contributed by atoms with Gasteiger partial charge < -0.3 is 5.32 Å². The van der Waals surface area contributed by atoms with E-state index >= 15 is 0 Å². The number of amides is 1. The van der Waals surface area contributed by atoms with Crippen LogP contribution in [0.15, 0.2) is 0 Å². The summed E-state index contributed by atoms with van der Waals surface area (Å²) in [5, 5.41) is 2.66. The smallest absolute Gasteiger partial charge is 0.353 e. The van der Waals surface area contributed by atoms with Crippen LogP contribution in [-0.2, 0) is 14.6 Å². The van der Waals surface area contributed by atoms with Gasteiger partial charge in [-0.2, -0.15) is 13.2 Å². The molecule has 22 heavy (non-hydrogen) atoms. The van der Waals surface area contributed by atoms with Gasteiger partial charge in [0.15, 0.2) is 9.84 Å². The zero-order valence-electron chi connectivity index (χ0n) is 12.7. The molecular formula is C14H22F3NO3S. The molecule has 1 N–H and O–H groups in total. The van der Waals surface area contributed by atoms with Crippen molar-refractivity contribution < 1.29 is 26.4 Å². The highest BCUT2D eigenvalue weighted by Crippen LogP contribution is 2.39. The van der Waals surface area contributed by atoms with E-state index in [4.69, 9.17) is 0 Å². The third-order valence-corrected chi connectivity index (χ3v) is 6.37. The van der Waals surface area contributed by atoms with E-state index < -0.39 is 45.3 Å². The number of hydrogen-bond donors (Lipinski definition) is 1. The molecule has 2 fully saturated rings. The minimum absolute atomic E-state index is 0.163. The fraction of sp³-hybridized carbons (Fsp3) is 0.929. The highest BCUT2D eigenvalue weighted by Gasteiger charge is 2.55. The molecule has 1 aliphatic carbocycles. The van der Waals surface area contributed by atoms with Crippen molar-refractivity contribution in [2.75, 3.05) is 11.5 Å². The van der Waals surface area contributed by atoms with Crippen LogP contribution in [0.1, 0.15) is 33.1 Å². The van der Waals surface area contributed by atoms with Crippen LogP contribution in [0.5, 0.6) is 0 Å². The third kappa shape index (κ3) is 4.14. The van der Waals surface area contributed by atoms with Crippen molar-refractivity contribution in [3.05, 3.63) is 0 Å². The Morgan fingerprint density at radius 1 is 1.05 bits per heavy atom. The Morgan fingerprint density at radius 3 is 2.09 bits per heavy atom. The molecule has 0 aromatic rings. The van der Waals surface area contributed by atoms with E-state index in [1.807, 2.05) is 13.8 Å². The molecule has 2 aliphatic rings. The highest BCUT2D eigenvalue weighted by molar-refractivity contribution is 7.91. The maximum atomic E-state index is 13.0. The molecule has 2 rings (SSSR count). The van der Waals surface area contributed by atoms with Gasteiger partial charge >= 0.3 is 6.18 Å². The second-order valence-electron chi connectivity index (χ2n) is 6.95. The molecule has 4 nitrogen and oxygen atoms in total. The fourth-order valence-corrected chi connectivity index (χ4v) is 5.84. The van der Waals surface area contributed by atoms with Crippen LogP contribution in [0.2, 0.25) is 0 Å². The van der Waals surface area contributed by atoms with E-state index in [1.165, 1.54) is 0 Å². The Morgan fingerprint density at radius 2 is 1.59 bits per heavy atom. The molecule has 0 radical (unpaired) electrons. The highest BCUT2D eigenvalue weighted by atomic mass is 32.2. The first-order chi connectivity index (χ1) is 9.98. The molecule has 128 valence electrons. The van der Waals surface area contributed by atoms with E-state index in [2.05, 4.69) is 5.32 Å². The molecule has 4 unspecified atom stereocenters. The van der Waals surface area contributed by atoms with Crippen molar-refractivity contribution in [1.82, 2.24) is 5.32 Å². The molecule has 0 spiro atoms. The van der Waals surface area contributed by atoms with E-state index in [0.717, 1.165) is 19.3 Å². The normalized spacial score (nSPS) is 38.7. The van der Waals surface area contributed by atoms with Crippen LogP contribution < -0.4 is 5.32 Å². The number of halogens is 3. The molecule has 1 saturated heterocycles. The van der Waals surface area contributed by atoms with Crippen molar-refractivity contribution in [2.45, 2.75) is 45.3 Å². The van der Waals surface area contributed by atoms with Gasteiger partial charge in [-0.3, -0.25) is 4.79 Å². The number of sulfone groups is 1. The monoisotopic (exact) mass is 341 g/mol. The van der Waals surface area contributed by atoms with E-state index in [0.29, 0.717) is 11.8 Å². The Balaban J connectivity index is 2.07. The number of carbonyl (C=O) groups is 1. The molecule has 0 bridgehead atoms. The second-order valence-corrected chi connectivity index (χ2v) is 9.11. The molecule has 0 aromatic heterocycles. The second kappa shape index (κ2) is 6.02. The summed E-state index contributed by atoms with van der Waals surface area (Å²) in [6.07, 6.45) is -2.17. The lowest BCUT2D eigenvalue weighted by atomic mass is 9.80. The van der Waals surface area contributed by atoms with Gasteiger partial charge in [0.25, 0.3) is 0 Å². The summed E-state index contributed by atoms with van der Waals surface area (Å²) < 4.78 is 62.0. The lowest BCUT2D eigenvalue weighted by molar-refractivity contribution is -0.181. The van der Waals surface area contributed by atoms with Crippen LogP contribution in [0, 0.1) is 23.7 Å². The molecule has 1 aliphatic heterocycles. The van der Waals surface area contributed by atoms with Gasteiger partial charge in [-0.05, 0) is 31.1 Å². The predicted octanol–water partition coefficient (Wildman–Crippen LogP) is 2.15. The molecule has 0 aromatic carbocycles. The van der Waals surface area contributed by atoms with E-state index in [1.54, 1.807) is 0 Å². The minimum Gasteiger partial charge on any atom is -0.353 e. The van der Waals surface area contributed by atoms with Gasteiger partial charge in [0.2, 0.25) is 5.91 Å². The van der Waals surface area contributed by atoms with Crippen molar-refractivity contribution in [3.63, 3.8) is 0 Å². The summed E-state index contributed by atoms with van der Waals surface area (Å²) in [5.74, 6) is -5.25. The van der Waals surface area contributed by atoms with Gasteiger partial charge in [-0.25, -0.2) is 8.42 Å². The number of hydrogen-bond acceptors (Lipinski definition) is 3. The van der Waals surface area contributed by atoms with E-state index in [9.17, 15) is 26.4 Å². The molecule has 1 heterocycles. The van der Waals surface area contributed by atoms with Gasteiger partial charge in [-0.1, -0.05) is 13.8 Å². The average molecular weight is 341 g/mol. The summed E-state index contributed by atoms with van der Waals surface area (Å²) in [7, 11) is -3.82. The van der Waals surface area contributed by atoms with Crippen LogP contribution >= 0.6 is 0 Å². The SMILES string of the molecule is CC1CC(C)CC(NC(=O)C2CS(=O)(=O)CC2C(F)(F)F)C1. The van der Waals surface area contributed by atoms with Gasteiger partial charge in [-0.15, -0.1) is 0 Å². The predicted molar refractivity (Wildman–Crippen MR) is 75.8 cm³/mol.